The van der Waals surface area contributed by atoms with Crippen LogP contribution in [0.1, 0.15) is 5.69 Å². The molecule has 0 bridgehead atoms. The van der Waals surface area contributed by atoms with Gasteiger partial charge in [0.15, 0.2) is 5.15 Å². The van der Waals surface area contributed by atoms with Gasteiger partial charge in [0.1, 0.15) is 5.65 Å². The van der Waals surface area contributed by atoms with Crippen molar-refractivity contribution in [2.24, 2.45) is 0 Å². The highest BCUT2D eigenvalue weighted by molar-refractivity contribution is 6.31. The summed E-state index contributed by atoms with van der Waals surface area (Å²) in [6, 6.07) is 15.1. The van der Waals surface area contributed by atoms with Crippen LogP contribution in [0, 0.1) is 0 Å². The van der Waals surface area contributed by atoms with E-state index in [0.717, 1.165) is 16.6 Å². The molecule has 0 atom stereocenters. The van der Waals surface area contributed by atoms with Crippen molar-refractivity contribution >= 4 is 45.8 Å². The Morgan fingerprint density at radius 1 is 1.12 bits per heavy atom. The van der Waals surface area contributed by atoms with Gasteiger partial charge in [-0.15, -0.1) is 0 Å². The first-order chi connectivity index (χ1) is 12.2. The first-order valence-corrected chi connectivity index (χ1v) is 8.05. The maximum atomic E-state index is 12.3. The summed E-state index contributed by atoms with van der Waals surface area (Å²) >= 11 is 6.16. The summed E-state index contributed by atoms with van der Waals surface area (Å²) in [5, 5.41) is 4.17. The topological polar surface area (TPSA) is 59.3 Å². The van der Waals surface area contributed by atoms with Crippen molar-refractivity contribution < 1.29 is 4.79 Å². The third kappa shape index (κ3) is 2.97. The minimum Gasteiger partial charge on any atom is -0.321 e. The molecule has 3 aromatic heterocycles. The van der Waals surface area contributed by atoms with Crippen molar-refractivity contribution in [2.75, 3.05) is 5.32 Å². The number of hydrogen-bond donors (Lipinski definition) is 1. The van der Waals surface area contributed by atoms with Gasteiger partial charge in [-0.3, -0.25) is 14.2 Å². The van der Waals surface area contributed by atoms with Crippen LogP contribution in [0.15, 0.2) is 67.0 Å². The molecule has 0 aliphatic rings. The summed E-state index contributed by atoms with van der Waals surface area (Å²) in [7, 11) is 0. The third-order valence-corrected chi connectivity index (χ3v) is 4.08. The predicted octanol–water partition coefficient (Wildman–Crippen LogP) is 4.19. The molecule has 25 heavy (non-hydrogen) atoms. The molecule has 0 spiro atoms. The quantitative estimate of drug-likeness (QED) is 0.565. The highest BCUT2D eigenvalue weighted by atomic mass is 35.5. The fraction of sp³-hybridized carbons (Fsp3) is 0. The van der Waals surface area contributed by atoms with E-state index in [2.05, 4.69) is 15.3 Å². The minimum atomic E-state index is -0.264. The van der Waals surface area contributed by atoms with E-state index < -0.39 is 0 Å². The number of rotatable bonds is 3. The lowest BCUT2D eigenvalue weighted by Gasteiger charge is -2.05. The maximum absolute atomic E-state index is 12.3. The Bertz CT molecular complexity index is 1110. The summed E-state index contributed by atoms with van der Waals surface area (Å²) in [6.45, 7) is 0. The van der Waals surface area contributed by atoms with Crippen LogP contribution in [0.25, 0.3) is 22.6 Å². The standard InChI is InChI=1S/C19H13ClN4O/c20-19-15(24-12-2-1-8-16(24)23-19)9-10-17(25)22-14-7-3-5-13-6-4-11-21-18(13)14/h1-12H,(H,22,25)/b10-9+. The Balaban J connectivity index is 1.61. The van der Waals surface area contributed by atoms with Crippen molar-refractivity contribution in [1.29, 1.82) is 0 Å². The van der Waals surface area contributed by atoms with Gasteiger partial charge in [-0.05, 0) is 30.3 Å². The number of carbonyl (C=O) groups excluding carboxylic acids is 1. The molecule has 0 aliphatic heterocycles. The number of aromatic nitrogens is 3. The van der Waals surface area contributed by atoms with Gasteiger partial charge in [-0.25, -0.2) is 4.98 Å². The molecular formula is C19H13ClN4O. The summed E-state index contributed by atoms with van der Waals surface area (Å²) < 4.78 is 1.82. The molecule has 1 aromatic carbocycles. The van der Waals surface area contributed by atoms with E-state index in [9.17, 15) is 4.79 Å². The van der Waals surface area contributed by atoms with E-state index in [1.807, 2.05) is 59.1 Å². The summed E-state index contributed by atoms with van der Waals surface area (Å²) in [5.74, 6) is -0.264. The van der Waals surface area contributed by atoms with E-state index in [0.29, 0.717) is 16.5 Å². The number of hydrogen-bond acceptors (Lipinski definition) is 3. The van der Waals surface area contributed by atoms with Gasteiger partial charge in [0.2, 0.25) is 5.91 Å². The molecule has 0 unspecified atom stereocenters. The molecule has 0 aliphatic carbocycles. The monoisotopic (exact) mass is 348 g/mol. The number of benzene rings is 1. The average molecular weight is 349 g/mol. The largest absolute Gasteiger partial charge is 0.321 e. The normalized spacial score (nSPS) is 11.4. The molecule has 0 saturated heterocycles. The van der Waals surface area contributed by atoms with Crippen molar-refractivity contribution in [3.8, 4) is 0 Å². The van der Waals surface area contributed by atoms with Crippen molar-refractivity contribution in [3.63, 3.8) is 0 Å². The summed E-state index contributed by atoms with van der Waals surface area (Å²) in [4.78, 5) is 20.9. The lowest BCUT2D eigenvalue weighted by molar-refractivity contribution is -0.111. The number of halogens is 1. The molecule has 6 heteroatoms. The maximum Gasteiger partial charge on any atom is 0.248 e. The molecule has 0 fully saturated rings. The van der Waals surface area contributed by atoms with E-state index in [1.165, 1.54) is 6.08 Å². The van der Waals surface area contributed by atoms with Crippen molar-refractivity contribution in [1.82, 2.24) is 14.4 Å². The molecule has 0 radical (unpaired) electrons. The predicted molar refractivity (Wildman–Crippen MR) is 99.6 cm³/mol. The summed E-state index contributed by atoms with van der Waals surface area (Å²) in [5.41, 5.74) is 2.80. The average Bonchev–Trinajstić information content (AvgIpc) is 2.95. The van der Waals surface area contributed by atoms with Crippen LogP contribution < -0.4 is 5.32 Å². The second-order valence-electron chi connectivity index (χ2n) is 5.42. The summed E-state index contributed by atoms with van der Waals surface area (Å²) in [6.07, 6.45) is 6.63. The zero-order chi connectivity index (χ0) is 17.2. The Labute approximate surface area is 148 Å². The smallest absolute Gasteiger partial charge is 0.248 e. The van der Waals surface area contributed by atoms with Gasteiger partial charge in [-0.1, -0.05) is 35.9 Å². The van der Waals surface area contributed by atoms with Crippen LogP contribution in [-0.4, -0.2) is 20.3 Å². The molecule has 1 N–H and O–H groups in total. The Morgan fingerprint density at radius 3 is 2.92 bits per heavy atom. The van der Waals surface area contributed by atoms with Crippen LogP contribution in [0.5, 0.6) is 0 Å². The van der Waals surface area contributed by atoms with E-state index >= 15 is 0 Å². The van der Waals surface area contributed by atoms with Gasteiger partial charge in [0.25, 0.3) is 0 Å². The highest BCUT2D eigenvalue weighted by Gasteiger charge is 2.08. The van der Waals surface area contributed by atoms with Gasteiger partial charge >= 0.3 is 0 Å². The van der Waals surface area contributed by atoms with Gasteiger partial charge < -0.3 is 5.32 Å². The van der Waals surface area contributed by atoms with Gasteiger partial charge in [-0.2, -0.15) is 0 Å². The zero-order valence-corrected chi connectivity index (χ0v) is 13.8. The minimum absolute atomic E-state index is 0.264. The molecule has 5 nitrogen and oxygen atoms in total. The second kappa shape index (κ2) is 6.37. The SMILES string of the molecule is O=C(/C=C/c1c(Cl)nc2ccccn12)Nc1cccc2cccnc12. The van der Waals surface area contributed by atoms with Crippen LogP contribution in [0.3, 0.4) is 0 Å². The number of nitrogens with zero attached hydrogens (tertiary/aromatic N) is 3. The Kier molecular flexibility index (Phi) is 3.91. The lowest BCUT2D eigenvalue weighted by atomic mass is 10.2. The molecule has 3 heterocycles. The van der Waals surface area contributed by atoms with E-state index in [1.54, 1.807) is 12.3 Å². The number of fused-ring (bicyclic) bond motifs is 2. The number of para-hydroxylation sites is 1. The number of pyridine rings is 2. The van der Waals surface area contributed by atoms with Crippen LogP contribution in [-0.2, 0) is 4.79 Å². The molecule has 0 saturated carbocycles. The zero-order valence-electron chi connectivity index (χ0n) is 13.1. The number of anilines is 1. The molecule has 4 rings (SSSR count). The molecule has 1 amide bonds. The van der Waals surface area contributed by atoms with Crippen molar-refractivity contribution in [2.45, 2.75) is 0 Å². The Hall–Kier alpha value is -3.18. The number of imidazole rings is 1. The number of amides is 1. The van der Waals surface area contributed by atoms with Crippen LogP contribution in [0.2, 0.25) is 5.15 Å². The van der Waals surface area contributed by atoms with Crippen LogP contribution >= 0.6 is 11.6 Å². The first kappa shape index (κ1) is 15.4. The van der Waals surface area contributed by atoms with Crippen molar-refractivity contribution in [3.05, 3.63) is 77.8 Å². The molecule has 4 aromatic rings. The third-order valence-electron chi connectivity index (χ3n) is 3.81. The number of carbonyl (C=O) groups is 1. The Morgan fingerprint density at radius 2 is 2.00 bits per heavy atom. The van der Waals surface area contributed by atoms with Gasteiger partial charge in [0, 0.05) is 23.9 Å². The van der Waals surface area contributed by atoms with E-state index in [-0.39, 0.29) is 5.91 Å². The molecule has 122 valence electrons. The molecular weight excluding hydrogens is 336 g/mol. The fourth-order valence-corrected chi connectivity index (χ4v) is 2.91. The highest BCUT2D eigenvalue weighted by Crippen LogP contribution is 2.21. The van der Waals surface area contributed by atoms with Crippen LogP contribution in [0.4, 0.5) is 5.69 Å². The lowest BCUT2D eigenvalue weighted by Crippen LogP contribution is -2.08. The first-order valence-electron chi connectivity index (χ1n) is 7.68. The number of nitrogens with one attached hydrogen (secondary N) is 1. The van der Waals surface area contributed by atoms with Gasteiger partial charge in [0.05, 0.1) is 16.9 Å². The fourth-order valence-electron chi connectivity index (χ4n) is 2.67. The second-order valence-corrected chi connectivity index (χ2v) is 5.78. The van der Waals surface area contributed by atoms with E-state index in [4.69, 9.17) is 11.6 Å².